The Hall–Kier alpha value is -1.76. The van der Waals surface area contributed by atoms with Gasteiger partial charge in [-0.05, 0) is 29.5 Å². The van der Waals surface area contributed by atoms with Gasteiger partial charge in [-0.2, -0.15) is 0 Å². The average Bonchev–Trinajstić information content (AvgIpc) is 2.61. The second kappa shape index (κ2) is 5.09. The quantitative estimate of drug-likeness (QED) is 0.694. The second-order valence-corrected chi connectivity index (χ2v) is 4.99. The maximum atomic E-state index is 2.37. The Morgan fingerprint density at radius 3 is 2.05 bits per heavy atom. The Morgan fingerprint density at radius 2 is 1.37 bits per heavy atom. The largest absolute Gasteiger partial charge is 0.187 e. The molecule has 1 heterocycles. The van der Waals surface area contributed by atoms with Crippen LogP contribution in [0.4, 0.5) is 0 Å². The number of benzene rings is 2. The van der Waals surface area contributed by atoms with Crippen LogP contribution in [0.3, 0.4) is 0 Å². The van der Waals surface area contributed by atoms with Gasteiger partial charge in [0.1, 0.15) is 0 Å². The van der Waals surface area contributed by atoms with E-state index in [1.165, 1.54) is 33.2 Å². The average molecular weight is 245 g/mol. The fraction of sp³-hybridized carbons (Fsp3) is 0.222. The predicted molar refractivity (Wildman–Crippen MR) is 84.8 cm³/mol. The molecule has 0 atom stereocenters. The summed E-state index contributed by atoms with van der Waals surface area (Å²) in [6, 6.07) is 17.5. The van der Waals surface area contributed by atoms with Crippen LogP contribution >= 0.6 is 0 Å². The van der Waals surface area contributed by atoms with Gasteiger partial charge >= 0.3 is 0 Å². The highest BCUT2D eigenvalue weighted by Crippen LogP contribution is 2.34. The molecule has 0 unspecified atom stereocenters. The summed E-state index contributed by atoms with van der Waals surface area (Å²) in [4.78, 5) is 0. The van der Waals surface area contributed by atoms with Gasteiger partial charge in [-0.25, -0.2) is 0 Å². The number of rotatable bonds is 2. The standard InChI is InChI=1S/C18H18B/c1-3-13-14-9-5-6-10-15(14)16-11-7-8-12-18(16)19-17(13)4-2/h5-12H,3-4H2,1-2H3. The van der Waals surface area contributed by atoms with E-state index >= 15 is 0 Å². The lowest BCUT2D eigenvalue weighted by molar-refractivity contribution is 1.15. The monoisotopic (exact) mass is 245 g/mol. The molecular weight excluding hydrogens is 227 g/mol. The molecule has 0 bridgehead atoms. The summed E-state index contributed by atoms with van der Waals surface area (Å²) in [7, 11) is 2.37. The molecule has 0 aliphatic carbocycles. The summed E-state index contributed by atoms with van der Waals surface area (Å²) in [6.07, 6.45) is 2.18. The van der Waals surface area contributed by atoms with E-state index < -0.39 is 0 Å². The molecule has 0 nitrogen and oxygen atoms in total. The van der Waals surface area contributed by atoms with E-state index in [9.17, 15) is 0 Å². The van der Waals surface area contributed by atoms with Crippen LogP contribution in [0.25, 0.3) is 16.7 Å². The van der Waals surface area contributed by atoms with Gasteiger partial charge in [-0.3, -0.25) is 0 Å². The molecule has 0 spiro atoms. The van der Waals surface area contributed by atoms with Crippen LogP contribution < -0.4 is 5.46 Å². The van der Waals surface area contributed by atoms with Crippen LogP contribution in [0.15, 0.2) is 54.0 Å². The zero-order chi connectivity index (χ0) is 13.2. The molecule has 0 aromatic heterocycles. The van der Waals surface area contributed by atoms with Crippen molar-refractivity contribution in [3.05, 3.63) is 59.6 Å². The Labute approximate surface area is 116 Å². The number of fused-ring (bicyclic) bond motifs is 3. The lowest BCUT2D eigenvalue weighted by Gasteiger charge is -2.12. The fourth-order valence-electron chi connectivity index (χ4n) is 3.03. The van der Waals surface area contributed by atoms with Gasteiger partial charge in [0.25, 0.3) is 0 Å². The summed E-state index contributed by atoms with van der Waals surface area (Å²) in [5.74, 6) is 0. The third-order valence-corrected chi connectivity index (χ3v) is 3.95. The zero-order valence-corrected chi connectivity index (χ0v) is 11.6. The highest BCUT2D eigenvalue weighted by molar-refractivity contribution is 6.64. The first-order chi connectivity index (χ1) is 9.35. The SMILES string of the molecule is CCC1=C(CC)c2ccccc2-c2ccccc2[B]1. The molecule has 0 amide bonds. The number of allylic oxidation sites excluding steroid dienone is 2. The van der Waals surface area contributed by atoms with E-state index in [1.54, 1.807) is 0 Å². The molecule has 0 N–H and O–H groups in total. The topological polar surface area (TPSA) is 0 Å². The zero-order valence-electron chi connectivity index (χ0n) is 11.6. The van der Waals surface area contributed by atoms with Crippen molar-refractivity contribution < 1.29 is 0 Å². The molecule has 0 fully saturated rings. The van der Waals surface area contributed by atoms with Crippen molar-refractivity contribution in [2.75, 3.05) is 0 Å². The van der Waals surface area contributed by atoms with E-state index in [1.807, 2.05) is 0 Å². The van der Waals surface area contributed by atoms with E-state index in [4.69, 9.17) is 0 Å². The molecule has 3 rings (SSSR count). The molecule has 19 heavy (non-hydrogen) atoms. The minimum atomic E-state index is 1.09. The molecule has 2 aromatic rings. The third kappa shape index (κ3) is 2.04. The summed E-state index contributed by atoms with van der Waals surface area (Å²) < 4.78 is 0. The lowest BCUT2D eigenvalue weighted by Crippen LogP contribution is -2.17. The molecule has 0 saturated carbocycles. The highest BCUT2D eigenvalue weighted by Gasteiger charge is 2.19. The molecule has 1 heteroatoms. The van der Waals surface area contributed by atoms with E-state index in [2.05, 4.69) is 69.7 Å². The third-order valence-electron chi connectivity index (χ3n) is 3.95. The summed E-state index contributed by atoms with van der Waals surface area (Å²) >= 11 is 0. The van der Waals surface area contributed by atoms with Gasteiger partial charge in [0.2, 0.25) is 0 Å². The molecule has 1 aliphatic rings. The van der Waals surface area contributed by atoms with Gasteiger partial charge in [-0.1, -0.05) is 78.9 Å². The number of hydrogen-bond acceptors (Lipinski definition) is 0. The van der Waals surface area contributed by atoms with E-state index in [0.29, 0.717) is 0 Å². The van der Waals surface area contributed by atoms with Crippen LogP contribution in [0.2, 0.25) is 0 Å². The smallest absolute Gasteiger partial charge is 0.0990 e. The molecule has 93 valence electrons. The maximum absolute atomic E-state index is 2.37. The van der Waals surface area contributed by atoms with Crippen molar-refractivity contribution in [2.45, 2.75) is 26.7 Å². The Balaban J connectivity index is 2.34. The van der Waals surface area contributed by atoms with Crippen LogP contribution in [0.1, 0.15) is 32.3 Å². The van der Waals surface area contributed by atoms with Crippen molar-refractivity contribution in [3.8, 4) is 11.1 Å². The van der Waals surface area contributed by atoms with Gasteiger partial charge in [0.15, 0.2) is 7.28 Å². The summed E-state index contributed by atoms with van der Waals surface area (Å²) in [6.45, 7) is 4.50. The Bertz CT molecular complexity index is 638. The minimum Gasteiger partial charge on any atom is -0.0990 e. The van der Waals surface area contributed by atoms with Crippen molar-refractivity contribution in [2.24, 2.45) is 0 Å². The van der Waals surface area contributed by atoms with Crippen LogP contribution in [-0.2, 0) is 0 Å². The Morgan fingerprint density at radius 1 is 0.737 bits per heavy atom. The van der Waals surface area contributed by atoms with Crippen LogP contribution in [0, 0.1) is 0 Å². The first-order valence-corrected chi connectivity index (χ1v) is 7.10. The number of hydrogen-bond donors (Lipinski definition) is 0. The Kier molecular flexibility index (Phi) is 3.29. The molecular formula is C18H18B. The van der Waals surface area contributed by atoms with Crippen LogP contribution in [0.5, 0.6) is 0 Å². The first kappa shape index (κ1) is 12.3. The van der Waals surface area contributed by atoms with Gasteiger partial charge in [0, 0.05) is 0 Å². The summed E-state index contributed by atoms with van der Waals surface area (Å²) in [5, 5.41) is 0. The predicted octanol–water partition coefficient (Wildman–Crippen LogP) is 4.23. The van der Waals surface area contributed by atoms with Gasteiger partial charge < -0.3 is 0 Å². The van der Waals surface area contributed by atoms with Gasteiger partial charge in [-0.15, -0.1) is 0 Å². The molecule has 1 aliphatic heterocycles. The van der Waals surface area contributed by atoms with Crippen molar-refractivity contribution >= 4 is 18.3 Å². The summed E-state index contributed by atoms with van der Waals surface area (Å²) in [5.41, 5.74) is 8.44. The second-order valence-electron chi connectivity index (χ2n) is 4.99. The first-order valence-electron chi connectivity index (χ1n) is 7.10. The van der Waals surface area contributed by atoms with E-state index in [0.717, 1.165) is 12.8 Å². The van der Waals surface area contributed by atoms with Crippen molar-refractivity contribution in [1.82, 2.24) is 0 Å². The lowest BCUT2D eigenvalue weighted by atomic mass is 9.60. The van der Waals surface area contributed by atoms with E-state index in [-0.39, 0.29) is 0 Å². The van der Waals surface area contributed by atoms with Crippen molar-refractivity contribution in [1.29, 1.82) is 0 Å². The minimum absolute atomic E-state index is 1.09. The molecule has 0 saturated heterocycles. The highest BCUT2D eigenvalue weighted by atomic mass is 14.2. The maximum Gasteiger partial charge on any atom is 0.187 e. The normalized spacial score (nSPS) is 13.4. The molecule has 2 aromatic carbocycles. The van der Waals surface area contributed by atoms with Crippen LogP contribution in [-0.4, -0.2) is 7.28 Å². The fourth-order valence-corrected chi connectivity index (χ4v) is 3.03. The molecule has 1 radical (unpaired) electrons. The van der Waals surface area contributed by atoms with Crippen molar-refractivity contribution in [3.63, 3.8) is 0 Å². The van der Waals surface area contributed by atoms with Gasteiger partial charge in [0.05, 0.1) is 0 Å².